The third-order valence-corrected chi connectivity index (χ3v) is 6.09. The molecule has 0 bridgehead atoms. The average molecular weight is 506 g/mol. The molecule has 1 aliphatic rings. The molecule has 1 aliphatic carbocycles. The van der Waals surface area contributed by atoms with Gasteiger partial charge in [-0.3, -0.25) is 4.79 Å². The van der Waals surface area contributed by atoms with Crippen LogP contribution in [0.25, 0.3) is 11.3 Å². The zero-order valence-corrected chi connectivity index (χ0v) is 19.7. The summed E-state index contributed by atoms with van der Waals surface area (Å²) in [4.78, 5) is 29.3. The molecule has 1 saturated carbocycles. The van der Waals surface area contributed by atoms with Crippen LogP contribution < -0.4 is 10.6 Å². The van der Waals surface area contributed by atoms with E-state index < -0.39 is 11.9 Å². The highest BCUT2D eigenvalue weighted by atomic mass is 35.5. The summed E-state index contributed by atoms with van der Waals surface area (Å²) in [6.45, 7) is 0.149. The van der Waals surface area contributed by atoms with Crippen LogP contribution in [0.1, 0.15) is 40.4 Å². The molecule has 0 spiro atoms. The predicted molar refractivity (Wildman–Crippen MR) is 133 cm³/mol. The number of pyridine rings is 1. The lowest BCUT2D eigenvalue weighted by Gasteiger charge is -2.09. The fraction of sp³-hybridized carbons (Fsp3) is 0.154. The Labute approximate surface area is 210 Å². The number of nitrogens with zero attached hydrogens (tertiary/aromatic N) is 3. The van der Waals surface area contributed by atoms with Crippen molar-refractivity contribution in [2.75, 3.05) is 5.32 Å². The minimum absolute atomic E-state index is 0.0738. The summed E-state index contributed by atoms with van der Waals surface area (Å²) in [6.07, 6.45) is 3.36. The lowest BCUT2D eigenvalue weighted by Crippen LogP contribution is -2.30. The molecular weight excluding hydrogens is 485 g/mol. The van der Waals surface area contributed by atoms with Crippen molar-refractivity contribution in [3.05, 3.63) is 94.7 Å². The van der Waals surface area contributed by atoms with Gasteiger partial charge in [-0.05, 0) is 60.9 Å². The summed E-state index contributed by atoms with van der Waals surface area (Å²) < 4.78 is 14.7. The summed E-state index contributed by atoms with van der Waals surface area (Å²) in [7, 11) is 0. The van der Waals surface area contributed by atoms with E-state index in [2.05, 4.69) is 20.7 Å². The maximum Gasteiger partial charge on any atom is 0.342 e. The van der Waals surface area contributed by atoms with Crippen LogP contribution >= 0.6 is 11.6 Å². The number of rotatable bonds is 6. The van der Waals surface area contributed by atoms with Crippen molar-refractivity contribution in [3.8, 4) is 17.0 Å². The lowest BCUT2D eigenvalue weighted by atomic mass is 10.1. The van der Waals surface area contributed by atoms with Gasteiger partial charge in [0.2, 0.25) is 0 Å². The lowest BCUT2D eigenvalue weighted by molar-refractivity contribution is 0.102. The first-order valence-corrected chi connectivity index (χ1v) is 11.6. The number of carbonyl (C=O) groups excluding carboxylic acids is 2. The minimum Gasteiger partial charge on any atom is -0.507 e. The van der Waals surface area contributed by atoms with Crippen LogP contribution in [0.5, 0.6) is 5.75 Å². The van der Waals surface area contributed by atoms with E-state index in [-0.39, 0.29) is 34.7 Å². The molecule has 182 valence electrons. The van der Waals surface area contributed by atoms with Crippen molar-refractivity contribution in [1.82, 2.24) is 20.1 Å². The molecule has 2 aromatic carbocycles. The predicted octanol–water partition coefficient (Wildman–Crippen LogP) is 5.33. The molecule has 10 heteroatoms. The van der Waals surface area contributed by atoms with E-state index in [0.29, 0.717) is 22.5 Å². The largest absolute Gasteiger partial charge is 0.507 e. The van der Waals surface area contributed by atoms with Gasteiger partial charge in [0.15, 0.2) is 0 Å². The van der Waals surface area contributed by atoms with Crippen LogP contribution in [0, 0.1) is 5.82 Å². The van der Waals surface area contributed by atoms with Crippen molar-refractivity contribution in [3.63, 3.8) is 0 Å². The molecule has 2 heterocycles. The van der Waals surface area contributed by atoms with Gasteiger partial charge < -0.3 is 15.7 Å². The third-order valence-electron chi connectivity index (χ3n) is 5.79. The van der Waals surface area contributed by atoms with Gasteiger partial charge in [0, 0.05) is 36.0 Å². The van der Waals surface area contributed by atoms with Gasteiger partial charge in [-0.2, -0.15) is 9.78 Å². The van der Waals surface area contributed by atoms with Gasteiger partial charge in [0.25, 0.3) is 5.91 Å². The highest BCUT2D eigenvalue weighted by molar-refractivity contribution is 6.33. The summed E-state index contributed by atoms with van der Waals surface area (Å²) >= 11 is 5.98. The molecule has 0 atom stereocenters. The fourth-order valence-corrected chi connectivity index (χ4v) is 4.04. The van der Waals surface area contributed by atoms with E-state index >= 15 is 0 Å². The first-order valence-electron chi connectivity index (χ1n) is 11.3. The minimum atomic E-state index is -0.462. The van der Waals surface area contributed by atoms with Crippen LogP contribution in [-0.4, -0.2) is 31.8 Å². The van der Waals surface area contributed by atoms with E-state index in [0.717, 1.165) is 18.5 Å². The Hall–Kier alpha value is -4.24. The number of aromatic hydroxyl groups is 1. The second-order valence-corrected chi connectivity index (χ2v) is 8.81. The topological polar surface area (TPSA) is 109 Å². The summed E-state index contributed by atoms with van der Waals surface area (Å²) in [5.74, 6) is -0.746. The van der Waals surface area contributed by atoms with E-state index in [9.17, 15) is 19.1 Å². The Bertz CT molecular complexity index is 1470. The molecule has 1 fully saturated rings. The van der Waals surface area contributed by atoms with E-state index in [1.54, 1.807) is 42.5 Å². The Kier molecular flexibility index (Phi) is 6.39. The van der Waals surface area contributed by atoms with Gasteiger partial charge in [-0.15, -0.1) is 0 Å². The van der Waals surface area contributed by atoms with Gasteiger partial charge in [-0.25, -0.2) is 14.2 Å². The van der Waals surface area contributed by atoms with Crippen molar-refractivity contribution in [2.45, 2.75) is 25.3 Å². The molecular formula is C26H21ClFN5O3. The van der Waals surface area contributed by atoms with Gasteiger partial charge >= 0.3 is 6.03 Å². The molecule has 0 saturated heterocycles. The molecule has 2 aromatic heterocycles. The number of hydrogen-bond donors (Lipinski definition) is 3. The second-order valence-electron chi connectivity index (χ2n) is 8.46. The highest BCUT2D eigenvalue weighted by Crippen LogP contribution is 2.42. The van der Waals surface area contributed by atoms with Crippen molar-refractivity contribution < 1.29 is 19.1 Å². The van der Waals surface area contributed by atoms with Crippen LogP contribution in [0.2, 0.25) is 5.15 Å². The number of phenols is 1. The standard InChI is InChI=1S/C26H21ClFN5O3/c27-24-20(5-2-10-29-24)25(35)31-18-8-9-19(23(34)12-18)21-13-22(16-6-7-16)33(32-21)26(36)30-14-15-3-1-4-17(28)11-15/h1-5,8-13,16,34H,6-7,14H2,(H,30,36)(H,31,35). The highest BCUT2D eigenvalue weighted by Gasteiger charge is 2.30. The maximum atomic E-state index is 13.4. The number of amides is 2. The maximum absolute atomic E-state index is 13.4. The quantitative estimate of drug-likeness (QED) is 0.307. The number of nitrogens with one attached hydrogen (secondary N) is 2. The molecule has 3 N–H and O–H groups in total. The van der Waals surface area contributed by atoms with Crippen LogP contribution in [0.4, 0.5) is 14.9 Å². The molecule has 5 rings (SSSR count). The van der Waals surface area contributed by atoms with E-state index in [1.807, 2.05) is 0 Å². The molecule has 4 aromatic rings. The molecule has 2 amide bonds. The number of halogens is 2. The molecule has 0 aliphatic heterocycles. The Balaban J connectivity index is 1.35. The molecule has 36 heavy (non-hydrogen) atoms. The van der Waals surface area contributed by atoms with E-state index in [4.69, 9.17) is 11.6 Å². The van der Waals surface area contributed by atoms with Crippen LogP contribution in [0.15, 0.2) is 66.9 Å². The fourth-order valence-electron chi connectivity index (χ4n) is 3.84. The SMILES string of the molecule is O=C(Nc1ccc(-c2cc(C3CC3)n(C(=O)NCc3cccc(F)c3)n2)c(O)c1)c1cccnc1Cl. The zero-order chi connectivity index (χ0) is 25.2. The number of benzene rings is 2. The van der Waals surface area contributed by atoms with Crippen molar-refractivity contribution in [2.24, 2.45) is 0 Å². The number of hydrogen-bond acceptors (Lipinski definition) is 5. The Morgan fingerprint density at radius 2 is 1.94 bits per heavy atom. The second kappa shape index (κ2) is 9.79. The molecule has 8 nitrogen and oxygen atoms in total. The Morgan fingerprint density at radius 1 is 1.11 bits per heavy atom. The monoisotopic (exact) mass is 505 g/mol. The average Bonchev–Trinajstić information content (AvgIpc) is 3.61. The Morgan fingerprint density at radius 3 is 2.67 bits per heavy atom. The van der Waals surface area contributed by atoms with Gasteiger partial charge in [-0.1, -0.05) is 23.7 Å². The van der Waals surface area contributed by atoms with Crippen molar-refractivity contribution >= 4 is 29.2 Å². The number of carbonyl (C=O) groups is 2. The van der Waals surface area contributed by atoms with Crippen molar-refractivity contribution in [1.29, 1.82) is 0 Å². The first kappa shape index (κ1) is 23.5. The van der Waals surface area contributed by atoms with Gasteiger partial charge in [0.1, 0.15) is 16.7 Å². The smallest absolute Gasteiger partial charge is 0.342 e. The summed E-state index contributed by atoms with van der Waals surface area (Å²) in [5, 5.41) is 20.6. The number of anilines is 1. The zero-order valence-electron chi connectivity index (χ0n) is 18.9. The first-order chi connectivity index (χ1) is 17.4. The summed E-state index contributed by atoms with van der Waals surface area (Å²) in [6, 6.07) is 15.1. The normalized spacial score (nSPS) is 12.8. The van der Waals surface area contributed by atoms with Gasteiger partial charge in [0.05, 0.1) is 17.0 Å². The molecule has 0 unspecified atom stereocenters. The third kappa shape index (κ3) is 5.06. The number of phenolic OH excluding ortho intramolecular Hbond substituents is 1. The summed E-state index contributed by atoms with van der Waals surface area (Å²) in [5.41, 5.74) is 2.77. The van der Waals surface area contributed by atoms with Crippen LogP contribution in [0.3, 0.4) is 0 Å². The van der Waals surface area contributed by atoms with E-state index in [1.165, 1.54) is 29.1 Å². The molecule has 0 radical (unpaired) electrons. The number of aromatic nitrogens is 3. The van der Waals surface area contributed by atoms with Crippen LogP contribution in [-0.2, 0) is 6.54 Å².